The van der Waals surface area contributed by atoms with Crippen LogP contribution in [0.2, 0.25) is 0 Å². The van der Waals surface area contributed by atoms with Crippen molar-refractivity contribution in [3.05, 3.63) is 65.9 Å². The molecule has 8 nitrogen and oxygen atoms in total. The SMILES string of the molecule is CN=C(C=CN)c1cc(NC(=O)Cc2cccc(OC)c2)ccc1OCCN1CCOCC1. The maximum Gasteiger partial charge on any atom is 0.228 e. The number of rotatable bonds is 10. The fourth-order valence-electron chi connectivity index (χ4n) is 3.59. The lowest BCUT2D eigenvalue weighted by atomic mass is 10.1. The summed E-state index contributed by atoms with van der Waals surface area (Å²) in [7, 11) is 3.30. The number of amides is 1. The van der Waals surface area contributed by atoms with Crippen LogP contribution >= 0.6 is 0 Å². The van der Waals surface area contributed by atoms with Crippen molar-refractivity contribution in [1.82, 2.24) is 4.90 Å². The van der Waals surface area contributed by atoms with E-state index in [0.717, 1.165) is 49.7 Å². The molecule has 1 aliphatic heterocycles. The Balaban J connectivity index is 1.70. The van der Waals surface area contributed by atoms with Gasteiger partial charge in [0.2, 0.25) is 5.91 Å². The van der Waals surface area contributed by atoms with Crippen molar-refractivity contribution in [2.24, 2.45) is 10.7 Å². The molecule has 0 atom stereocenters. The van der Waals surface area contributed by atoms with Crippen LogP contribution in [0.15, 0.2) is 59.7 Å². The average molecular weight is 453 g/mol. The van der Waals surface area contributed by atoms with Crippen molar-refractivity contribution >= 4 is 17.3 Å². The second-order valence-electron chi connectivity index (χ2n) is 7.56. The van der Waals surface area contributed by atoms with Gasteiger partial charge >= 0.3 is 0 Å². The van der Waals surface area contributed by atoms with Gasteiger partial charge in [0.25, 0.3) is 0 Å². The number of morpholine rings is 1. The first-order valence-electron chi connectivity index (χ1n) is 11.0. The summed E-state index contributed by atoms with van der Waals surface area (Å²) in [5.74, 6) is 1.28. The summed E-state index contributed by atoms with van der Waals surface area (Å²) in [6, 6.07) is 13.0. The highest BCUT2D eigenvalue weighted by Crippen LogP contribution is 2.25. The number of anilines is 1. The van der Waals surface area contributed by atoms with Gasteiger partial charge in [-0.05, 0) is 48.2 Å². The predicted molar refractivity (Wildman–Crippen MR) is 130 cm³/mol. The van der Waals surface area contributed by atoms with Gasteiger partial charge < -0.3 is 25.3 Å². The molecule has 1 fully saturated rings. The molecule has 3 N–H and O–H groups in total. The number of allylic oxidation sites excluding steroid dienone is 1. The standard InChI is InChI=1S/C25H32N4O4/c1-27-23(8-9-26)22-18-20(28-25(30)17-19-4-3-5-21(16-19)31-2)6-7-24(22)33-15-12-29-10-13-32-14-11-29/h3-9,16,18H,10-15,17,26H2,1-2H3,(H,28,30). The first kappa shape index (κ1) is 24.3. The van der Waals surface area contributed by atoms with Gasteiger partial charge in [-0.1, -0.05) is 12.1 Å². The van der Waals surface area contributed by atoms with E-state index in [4.69, 9.17) is 19.9 Å². The van der Waals surface area contributed by atoms with Crippen molar-refractivity contribution in [2.45, 2.75) is 6.42 Å². The molecule has 1 amide bonds. The summed E-state index contributed by atoms with van der Waals surface area (Å²) in [4.78, 5) is 19.3. The molecule has 0 unspecified atom stereocenters. The molecule has 0 spiro atoms. The third-order valence-electron chi connectivity index (χ3n) is 5.30. The molecular weight excluding hydrogens is 420 g/mol. The highest BCUT2D eigenvalue weighted by atomic mass is 16.5. The van der Waals surface area contributed by atoms with E-state index in [-0.39, 0.29) is 12.3 Å². The zero-order valence-corrected chi connectivity index (χ0v) is 19.3. The Hall–Kier alpha value is -3.36. The van der Waals surface area contributed by atoms with E-state index in [0.29, 0.717) is 23.8 Å². The van der Waals surface area contributed by atoms with E-state index in [1.807, 2.05) is 42.5 Å². The van der Waals surface area contributed by atoms with E-state index in [1.54, 1.807) is 20.2 Å². The highest BCUT2D eigenvalue weighted by molar-refractivity contribution is 6.11. The van der Waals surface area contributed by atoms with Crippen LogP contribution < -0.4 is 20.5 Å². The third-order valence-corrected chi connectivity index (χ3v) is 5.30. The van der Waals surface area contributed by atoms with Crippen molar-refractivity contribution in [2.75, 3.05) is 58.9 Å². The minimum Gasteiger partial charge on any atom is -0.497 e. The smallest absolute Gasteiger partial charge is 0.228 e. The van der Waals surface area contributed by atoms with Crippen LogP contribution in [0.4, 0.5) is 5.69 Å². The quantitative estimate of drug-likeness (QED) is 0.538. The lowest BCUT2D eigenvalue weighted by Gasteiger charge is -2.26. The lowest BCUT2D eigenvalue weighted by Crippen LogP contribution is -2.38. The Morgan fingerprint density at radius 2 is 2.06 bits per heavy atom. The third kappa shape index (κ3) is 7.34. The molecule has 8 heteroatoms. The molecule has 0 aliphatic carbocycles. The van der Waals surface area contributed by atoms with Crippen molar-refractivity contribution in [3.63, 3.8) is 0 Å². The summed E-state index contributed by atoms with van der Waals surface area (Å²) in [5, 5.41) is 2.96. The number of nitrogens with two attached hydrogens (primary N) is 1. The minimum absolute atomic E-state index is 0.125. The molecule has 33 heavy (non-hydrogen) atoms. The van der Waals surface area contributed by atoms with E-state index in [9.17, 15) is 4.79 Å². The van der Waals surface area contributed by atoms with Crippen LogP contribution in [0.3, 0.4) is 0 Å². The minimum atomic E-state index is -0.125. The van der Waals surface area contributed by atoms with Gasteiger partial charge in [0.05, 0.1) is 32.5 Å². The largest absolute Gasteiger partial charge is 0.497 e. The Morgan fingerprint density at radius 1 is 1.24 bits per heavy atom. The predicted octanol–water partition coefficient (Wildman–Crippen LogP) is 2.48. The number of carbonyl (C=O) groups excluding carboxylic acids is 1. The summed E-state index contributed by atoms with van der Waals surface area (Å²) in [5.41, 5.74) is 8.58. The first-order valence-corrected chi connectivity index (χ1v) is 11.0. The van der Waals surface area contributed by atoms with Gasteiger partial charge in [-0.2, -0.15) is 0 Å². The first-order chi connectivity index (χ1) is 16.1. The number of methoxy groups -OCH3 is 1. The van der Waals surface area contributed by atoms with Crippen LogP contribution in [-0.2, 0) is 16.0 Å². The molecule has 2 aromatic carbocycles. The zero-order valence-electron chi connectivity index (χ0n) is 19.3. The summed E-state index contributed by atoms with van der Waals surface area (Å²) in [6.07, 6.45) is 3.39. The van der Waals surface area contributed by atoms with Crippen molar-refractivity contribution < 1.29 is 19.0 Å². The summed E-state index contributed by atoms with van der Waals surface area (Å²) < 4.78 is 16.7. The van der Waals surface area contributed by atoms with Gasteiger partial charge in [-0.25, -0.2) is 0 Å². The molecule has 3 rings (SSSR count). The van der Waals surface area contributed by atoms with E-state index in [2.05, 4.69) is 15.2 Å². The molecule has 0 saturated carbocycles. The second-order valence-corrected chi connectivity index (χ2v) is 7.56. The molecule has 1 saturated heterocycles. The molecule has 0 aromatic heterocycles. The van der Waals surface area contributed by atoms with Crippen LogP contribution in [0.25, 0.3) is 0 Å². The normalized spacial score (nSPS) is 14.9. The highest BCUT2D eigenvalue weighted by Gasteiger charge is 2.14. The Morgan fingerprint density at radius 3 is 2.79 bits per heavy atom. The number of carbonyl (C=O) groups is 1. The molecule has 1 aliphatic rings. The molecule has 2 aromatic rings. The van der Waals surface area contributed by atoms with Gasteiger partial charge in [-0.3, -0.25) is 14.7 Å². The van der Waals surface area contributed by atoms with Crippen molar-refractivity contribution in [3.8, 4) is 11.5 Å². The average Bonchev–Trinajstić information content (AvgIpc) is 2.84. The van der Waals surface area contributed by atoms with Crippen LogP contribution in [0.5, 0.6) is 11.5 Å². The number of nitrogens with zero attached hydrogens (tertiary/aromatic N) is 2. The molecule has 176 valence electrons. The van der Waals surface area contributed by atoms with E-state index in [1.165, 1.54) is 6.20 Å². The lowest BCUT2D eigenvalue weighted by molar-refractivity contribution is -0.115. The van der Waals surface area contributed by atoms with E-state index >= 15 is 0 Å². The number of benzene rings is 2. The molecular formula is C25H32N4O4. The Bertz CT molecular complexity index is 984. The fraction of sp³-hybridized carbons (Fsp3) is 0.360. The van der Waals surface area contributed by atoms with Crippen LogP contribution in [-0.4, -0.2) is 70.1 Å². The molecule has 1 heterocycles. The number of ether oxygens (including phenoxy) is 3. The van der Waals surface area contributed by atoms with Gasteiger partial charge in [0.15, 0.2) is 0 Å². The molecule has 0 bridgehead atoms. The topological polar surface area (TPSA) is 98.4 Å². The number of hydrogen-bond donors (Lipinski definition) is 2. The molecule has 0 radical (unpaired) electrons. The second kappa shape index (κ2) is 12.6. The van der Waals surface area contributed by atoms with Crippen LogP contribution in [0.1, 0.15) is 11.1 Å². The fourth-order valence-corrected chi connectivity index (χ4v) is 3.59. The van der Waals surface area contributed by atoms with Gasteiger partial charge in [-0.15, -0.1) is 0 Å². The maximum absolute atomic E-state index is 12.6. The van der Waals surface area contributed by atoms with Crippen LogP contribution in [0, 0.1) is 0 Å². The summed E-state index contributed by atoms with van der Waals surface area (Å²) in [6.45, 7) is 4.68. The number of hydrogen-bond acceptors (Lipinski definition) is 7. The van der Waals surface area contributed by atoms with Gasteiger partial charge in [0, 0.05) is 37.9 Å². The Labute approximate surface area is 195 Å². The van der Waals surface area contributed by atoms with Crippen molar-refractivity contribution in [1.29, 1.82) is 0 Å². The maximum atomic E-state index is 12.6. The summed E-state index contributed by atoms with van der Waals surface area (Å²) >= 11 is 0. The van der Waals surface area contributed by atoms with Gasteiger partial charge in [0.1, 0.15) is 18.1 Å². The number of nitrogens with one attached hydrogen (secondary N) is 1. The Kier molecular flexibility index (Phi) is 9.29. The van der Waals surface area contributed by atoms with E-state index < -0.39 is 0 Å². The number of aliphatic imine (C=N–C) groups is 1. The monoisotopic (exact) mass is 452 g/mol. The zero-order chi connectivity index (χ0) is 23.5.